The zero-order chi connectivity index (χ0) is 11.4. The van der Waals surface area contributed by atoms with Gasteiger partial charge in [-0.05, 0) is 43.9 Å². The molecular weight excluding hydrogens is 198 g/mol. The first kappa shape index (κ1) is 11.6. The van der Waals surface area contributed by atoms with Gasteiger partial charge in [-0.3, -0.25) is 4.90 Å². The van der Waals surface area contributed by atoms with Gasteiger partial charge in [-0.2, -0.15) is 0 Å². The Hall–Kier alpha value is -0.860. The molecule has 0 aromatic heterocycles. The number of benzene rings is 1. The van der Waals surface area contributed by atoms with Gasteiger partial charge in [0.25, 0.3) is 0 Å². The Morgan fingerprint density at radius 3 is 2.81 bits per heavy atom. The van der Waals surface area contributed by atoms with E-state index in [1.807, 2.05) is 6.92 Å². The number of hydrogen-bond donors (Lipinski definition) is 1. The Bertz CT molecular complexity index is 335. The van der Waals surface area contributed by atoms with Crippen LogP contribution in [-0.4, -0.2) is 29.2 Å². The van der Waals surface area contributed by atoms with E-state index in [9.17, 15) is 5.11 Å². The molecule has 1 aliphatic rings. The van der Waals surface area contributed by atoms with Crippen LogP contribution in [0.5, 0.6) is 0 Å². The van der Waals surface area contributed by atoms with Crippen LogP contribution >= 0.6 is 0 Å². The molecule has 1 aromatic rings. The van der Waals surface area contributed by atoms with Gasteiger partial charge in [0, 0.05) is 13.1 Å². The van der Waals surface area contributed by atoms with Gasteiger partial charge in [0.1, 0.15) is 0 Å². The summed E-state index contributed by atoms with van der Waals surface area (Å²) in [7, 11) is 0. The Kier molecular flexibility index (Phi) is 3.97. The Morgan fingerprint density at radius 2 is 2.06 bits per heavy atom. The van der Waals surface area contributed by atoms with Gasteiger partial charge in [0.15, 0.2) is 0 Å². The van der Waals surface area contributed by atoms with Crippen LogP contribution in [0.4, 0.5) is 0 Å². The van der Waals surface area contributed by atoms with Crippen molar-refractivity contribution in [1.82, 2.24) is 4.90 Å². The van der Waals surface area contributed by atoms with Crippen LogP contribution in [0, 0.1) is 0 Å². The minimum Gasteiger partial charge on any atom is -0.393 e. The lowest BCUT2D eigenvalue weighted by Gasteiger charge is -2.28. The summed E-state index contributed by atoms with van der Waals surface area (Å²) in [5.41, 5.74) is 2.99. The fraction of sp³-hybridized carbons (Fsp3) is 0.571. The van der Waals surface area contributed by atoms with Crippen molar-refractivity contribution in [2.75, 3.05) is 13.1 Å². The minimum absolute atomic E-state index is 0.155. The summed E-state index contributed by atoms with van der Waals surface area (Å²) < 4.78 is 0. The molecule has 16 heavy (non-hydrogen) atoms. The molecule has 0 bridgehead atoms. The molecule has 0 fully saturated rings. The summed E-state index contributed by atoms with van der Waals surface area (Å²) in [6, 6.07) is 8.72. The highest BCUT2D eigenvalue weighted by Gasteiger charge is 2.14. The molecule has 1 heterocycles. The molecule has 1 atom stereocenters. The predicted octanol–water partition coefficient (Wildman–Crippen LogP) is 2.21. The van der Waals surface area contributed by atoms with Crippen molar-refractivity contribution < 1.29 is 5.11 Å². The van der Waals surface area contributed by atoms with Crippen LogP contribution in [-0.2, 0) is 13.0 Å². The van der Waals surface area contributed by atoms with Crippen molar-refractivity contribution in [2.24, 2.45) is 0 Å². The van der Waals surface area contributed by atoms with E-state index in [2.05, 4.69) is 29.2 Å². The van der Waals surface area contributed by atoms with Crippen LogP contribution in [0.2, 0.25) is 0 Å². The number of aliphatic hydroxyl groups is 1. The van der Waals surface area contributed by atoms with E-state index in [0.717, 1.165) is 32.5 Å². The van der Waals surface area contributed by atoms with Gasteiger partial charge in [-0.1, -0.05) is 24.3 Å². The van der Waals surface area contributed by atoms with E-state index in [1.54, 1.807) is 0 Å². The van der Waals surface area contributed by atoms with Gasteiger partial charge in [-0.15, -0.1) is 0 Å². The average molecular weight is 219 g/mol. The lowest BCUT2D eigenvalue weighted by atomic mass is 10.00. The fourth-order valence-corrected chi connectivity index (χ4v) is 2.36. The van der Waals surface area contributed by atoms with E-state index in [4.69, 9.17) is 0 Å². The van der Waals surface area contributed by atoms with Crippen LogP contribution in [0.1, 0.15) is 30.9 Å². The summed E-state index contributed by atoms with van der Waals surface area (Å²) >= 11 is 0. The number of rotatable bonds is 4. The molecule has 1 aromatic carbocycles. The third-order valence-electron chi connectivity index (χ3n) is 3.31. The first-order valence-electron chi connectivity index (χ1n) is 6.23. The quantitative estimate of drug-likeness (QED) is 0.839. The van der Waals surface area contributed by atoms with Crippen LogP contribution in [0.25, 0.3) is 0 Å². The SMILES string of the molecule is CC(O)CCCN1CCc2ccccc2C1. The standard InChI is InChI=1S/C14H21NO/c1-12(16)5-4-9-15-10-8-13-6-2-3-7-14(13)11-15/h2-3,6-7,12,16H,4-5,8-11H2,1H3. The summed E-state index contributed by atoms with van der Waals surface area (Å²) in [5, 5.41) is 9.22. The molecule has 2 rings (SSSR count). The molecule has 0 saturated heterocycles. The zero-order valence-electron chi connectivity index (χ0n) is 10.0. The van der Waals surface area contributed by atoms with E-state index in [0.29, 0.717) is 0 Å². The van der Waals surface area contributed by atoms with Gasteiger partial charge in [0.05, 0.1) is 6.10 Å². The molecule has 2 heteroatoms. The highest BCUT2D eigenvalue weighted by atomic mass is 16.3. The summed E-state index contributed by atoms with van der Waals surface area (Å²) in [5.74, 6) is 0. The molecule has 0 amide bonds. The molecule has 1 N–H and O–H groups in total. The van der Waals surface area contributed by atoms with Crippen LogP contribution in [0.15, 0.2) is 24.3 Å². The van der Waals surface area contributed by atoms with Crippen molar-refractivity contribution in [3.8, 4) is 0 Å². The number of aliphatic hydroxyl groups excluding tert-OH is 1. The molecule has 1 unspecified atom stereocenters. The molecule has 0 aliphatic carbocycles. The lowest BCUT2D eigenvalue weighted by molar-refractivity contribution is 0.167. The molecule has 0 saturated carbocycles. The Balaban J connectivity index is 1.83. The molecule has 0 radical (unpaired) electrons. The number of hydrogen-bond acceptors (Lipinski definition) is 2. The third-order valence-corrected chi connectivity index (χ3v) is 3.31. The molecule has 88 valence electrons. The maximum absolute atomic E-state index is 9.22. The van der Waals surface area contributed by atoms with Crippen molar-refractivity contribution in [1.29, 1.82) is 0 Å². The largest absolute Gasteiger partial charge is 0.393 e. The van der Waals surface area contributed by atoms with E-state index in [1.165, 1.54) is 17.5 Å². The summed E-state index contributed by atoms with van der Waals surface area (Å²) in [6.07, 6.45) is 3.03. The second-order valence-corrected chi connectivity index (χ2v) is 4.79. The van der Waals surface area contributed by atoms with Crippen molar-refractivity contribution in [3.05, 3.63) is 35.4 Å². The van der Waals surface area contributed by atoms with Gasteiger partial charge < -0.3 is 5.11 Å². The van der Waals surface area contributed by atoms with E-state index >= 15 is 0 Å². The normalized spacial score (nSPS) is 18.1. The molecule has 2 nitrogen and oxygen atoms in total. The van der Waals surface area contributed by atoms with Gasteiger partial charge >= 0.3 is 0 Å². The van der Waals surface area contributed by atoms with E-state index in [-0.39, 0.29) is 6.10 Å². The van der Waals surface area contributed by atoms with Crippen LogP contribution < -0.4 is 0 Å². The Labute approximate surface area is 97.9 Å². The monoisotopic (exact) mass is 219 g/mol. The topological polar surface area (TPSA) is 23.5 Å². The summed E-state index contributed by atoms with van der Waals surface area (Å²) in [4.78, 5) is 2.49. The van der Waals surface area contributed by atoms with E-state index < -0.39 is 0 Å². The second kappa shape index (κ2) is 5.46. The molecule has 1 aliphatic heterocycles. The average Bonchev–Trinajstić information content (AvgIpc) is 2.28. The first-order valence-corrected chi connectivity index (χ1v) is 6.23. The molecular formula is C14H21NO. The number of fused-ring (bicyclic) bond motifs is 1. The lowest BCUT2D eigenvalue weighted by Crippen LogP contribution is -2.31. The maximum atomic E-state index is 9.22. The van der Waals surface area contributed by atoms with Crippen molar-refractivity contribution in [3.63, 3.8) is 0 Å². The highest BCUT2D eigenvalue weighted by molar-refractivity contribution is 5.28. The number of nitrogens with zero attached hydrogens (tertiary/aromatic N) is 1. The minimum atomic E-state index is -0.155. The van der Waals surface area contributed by atoms with Crippen LogP contribution in [0.3, 0.4) is 0 Å². The van der Waals surface area contributed by atoms with Gasteiger partial charge in [0.2, 0.25) is 0 Å². The predicted molar refractivity (Wildman–Crippen MR) is 66.3 cm³/mol. The molecule has 0 spiro atoms. The van der Waals surface area contributed by atoms with Crippen molar-refractivity contribution >= 4 is 0 Å². The highest BCUT2D eigenvalue weighted by Crippen LogP contribution is 2.18. The fourth-order valence-electron chi connectivity index (χ4n) is 2.36. The van der Waals surface area contributed by atoms with Gasteiger partial charge in [-0.25, -0.2) is 0 Å². The first-order chi connectivity index (χ1) is 7.75. The zero-order valence-corrected chi connectivity index (χ0v) is 10.0. The smallest absolute Gasteiger partial charge is 0.0512 e. The second-order valence-electron chi connectivity index (χ2n) is 4.79. The maximum Gasteiger partial charge on any atom is 0.0512 e. The van der Waals surface area contributed by atoms with Crippen molar-refractivity contribution in [2.45, 2.75) is 38.8 Å². The third kappa shape index (κ3) is 3.06. The summed E-state index contributed by atoms with van der Waals surface area (Å²) in [6.45, 7) is 5.22. The Morgan fingerprint density at radius 1 is 1.31 bits per heavy atom.